The van der Waals surface area contributed by atoms with Gasteiger partial charge in [0.25, 0.3) is 11.2 Å². The Bertz CT molecular complexity index is 929. The van der Waals surface area contributed by atoms with E-state index in [1.54, 1.807) is 18.2 Å². The van der Waals surface area contributed by atoms with Gasteiger partial charge < -0.3 is 0 Å². The first kappa shape index (κ1) is 15.6. The second-order valence-electron chi connectivity index (χ2n) is 5.50. The Morgan fingerprint density at radius 1 is 1.00 bits per heavy atom. The van der Waals surface area contributed by atoms with Crippen LogP contribution in [0.4, 0.5) is 5.69 Å². The van der Waals surface area contributed by atoms with Gasteiger partial charge in [0.15, 0.2) is 0 Å². The molecular formula is C18H15N3O3. The van der Waals surface area contributed by atoms with Crippen molar-refractivity contribution < 1.29 is 4.92 Å². The van der Waals surface area contributed by atoms with Crippen molar-refractivity contribution in [1.29, 1.82) is 0 Å². The van der Waals surface area contributed by atoms with Gasteiger partial charge in [0.2, 0.25) is 0 Å². The van der Waals surface area contributed by atoms with E-state index in [2.05, 4.69) is 5.10 Å². The molecule has 0 unspecified atom stereocenters. The number of nitro groups is 1. The summed E-state index contributed by atoms with van der Waals surface area (Å²) in [5.41, 5.74) is 3.28. The van der Waals surface area contributed by atoms with Gasteiger partial charge in [0.1, 0.15) is 0 Å². The molecule has 0 aliphatic rings. The molecule has 24 heavy (non-hydrogen) atoms. The van der Waals surface area contributed by atoms with Crippen LogP contribution in [0.1, 0.15) is 11.1 Å². The molecule has 0 atom stereocenters. The molecule has 0 radical (unpaired) electrons. The third-order valence-electron chi connectivity index (χ3n) is 3.69. The fraction of sp³-hybridized carbons (Fsp3) is 0.111. The number of nitrogens with zero attached hydrogens (tertiary/aromatic N) is 3. The number of aryl methyl sites for hydroxylation is 1. The topological polar surface area (TPSA) is 78.0 Å². The lowest BCUT2D eigenvalue weighted by molar-refractivity contribution is -0.384. The predicted molar refractivity (Wildman–Crippen MR) is 90.9 cm³/mol. The van der Waals surface area contributed by atoms with Crippen LogP contribution in [0.2, 0.25) is 0 Å². The maximum Gasteiger partial charge on any atom is 0.269 e. The largest absolute Gasteiger partial charge is 0.269 e. The lowest BCUT2D eigenvalue weighted by atomic mass is 10.1. The van der Waals surface area contributed by atoms with Crippen LogP contribution >= 0.6 is 0 Å². The monoisotopic (exact) mass is 321 g/mol. The molecule has 0 N–H and O–H groups in total. The first-order valence-electron chi connectivity index (χ1n) is 7.41. The van der Waals surface area contributed by atoms with Crippen LogP contribution in [0.15, 0.2) is 65.5 Å². The van der Waals surface area contributed by atoms with Gasteiger partial charge in [-0.3, -0.25) is 14.9 Å². The highest BCUT2D eigenvalue weighted by atomic mass is 16.6. The molecule has 3 rings (SSSR count). The highest BCUT2D eigenvalue weighted by Crippen LogP contribution is 2.19. The van der Waals surface area contributed by atoms with Crippen LogP contribution in [0.5, 0.6) is 0 Å². The lowest BCUT2D eigenvalue weighted by Gasteiger charge is -2.07. The van der Waals surface area contributed by atoms with E-state index >= 15 is 0 Å². The fourth-order valence-electron chi connectivity index (χ4n) is 2.34. The summed E-state index contributed by atoms with van der Waals surface area (Å²) < 4.78 is 1.39. The smallest absolute Gasteiger partial charge is 0.268 e. The zero-order valence-corrected chi connectivity index (χ0v) is 13.0. The van der Waals surface area contributed by atoms with Crippen LogP contribution in [0.3, 0.4) is 0 Å². The van der Waals surface area contributed by atoms with Crippen molar-refractivity contribution in [3.8, 4) is 11.3 Å². The molecule has 2 aromatic carbocycles. The minimum Gasteiger partial charge on any atom is -0.268 e. The number of nitro benzene ring substituents is 1. The molecule has 0 aliphatic heterocycles. The molecule has 0 amide bonds. The van der Waals surface area contributed by atoms with Crippen molar-refractivity contribution in [3.05, 3.63) is 92.3 Å². The van der Waals surface area contributed by atoms with Gasteiger partial charge in [-0.2, -0.15) is 5.10 Å². The molecule has 0 saturated heterocycles. The summed E-state index contributed by atoms with van der Waals surface area (Å²) in [6.07, 6.45) is 0. The normalized spacial score (nSPS) is 10.5. The molecule has 0 fully saturated rings. The zero-order chi connectivity index (χ0) is 17.1. The maximum absolute atomic E-state index is 12.0. The molecule has 0 aliphatic carbocycles. The number of non-ortho nitro benzene ring substituents is 1. The second-order valence-corrected chi connectivity index (χ2v) is 5.50. The van der Waals surface area contributed by atoms with E-state index in [0.29, 0.717) is 12.2 Å². The van der Waals surface area contributed by atoms with E-state index < -0.39 is 4.92 Å². The van der Waals surface area contributed by atoms with Crippen LogP contribution < -0.4 is 5.56 Å². The van der Waals surface area contributed by atoms with Gasteiger partial charge in [-0.05, 0) is 30.7 Å². The molecule has 3 aromatic rings. The third-order valence-corrected chi connectivity index (χ3v) is 3.69. The minimum absolute atomic E-state index is 0.0201. The average molecular weight is 321 g/mol. The fourth-order valence-corrected chi connectivity index (χ4v) is 2.34. The summed E-state index contributed by atoms with van der Waals surface area (Å²) in [5, 5.41) is 15.1. The van der Waals surface area contributed by atoms with Crippen LogP contribution in [-0.4, -0.2) is 14.7 Å². The highest BCUT2D eigenvalue weighted by molar-refractivity contribution is 5.60. The Morgan fingerprint density at radius 2 is 1.67 bits per heavy atom. The molecular weight excluding hydrogens is 306 g/mol. The summed E-state index contributed by atoms with van der Waals surface area (Å²) in [5.74, 6) is 0. The zero-order valence-electron chi connectivity index (χ0n) is 13.0. The van der Waals surface area contributed by atoms with Crippen LogP contribution in [0.25, 0.3) is 11.3 Å². The minimum atomic E-state index is -0.449. The first-order chi connectivity index (χ1) is 11.5. The quantitative estimate of drug-likeness (QED) is 0.546. The Labute approximate surface area is 138 Å². The van der Waals surface area contributed by atoms with Crippen molar-refractivity contribution in [2.24, 2.45) is 0 Å². The van der Waals surface area contributed by atoms with E-state index in [4.69, 9.17) is 0 Å². The van der Waals surface area contributed by atoms with Gasteiger partial charge in [0, 0.05) is 23.8 Å². The maximum atomic E-state index is 12.0. The number of benzene rings is 2. The van der Waals surface area contributed by atoms with Gasteiger partial charge in [-0.25, -0.2) is 4.68 Å². The standard InChI is InChI=1S/C18H15N3O3/c1-13-2-4-14(5-3-13)12-20-18(22)11-10-17(19-20)15-6-8-16(9-7-15)21(23)24/h2-11H,12H2,1H3. The summed E-state index contributed by atoms with van der Waals surface area (Å²) in [6, 6.07) is 17.1. The molecule has 6 nitrogen and oxygen atoms in total. The molecule has 1 heterocycles. The third kappa shape index (κ3) is 3.38. The molecule has 120 valence electrons. The Kier molecular flexibility index (Phi) is 4.20. The number of hydrogen-bond donors (Lipinski definition) is 0. The Morgan fingerprint density at radius 3 is 2.29 bits per heavy atom. The predicted octanol–water partition coefficient (Wildman–Crippen LogP) is 3.18. The molecule has 6 heteroatoms. The van der Waals surface area contributed by atoms with Crippen molar-refractivity contribution in [2.75, 3.05) is 0 Å². The average Bonchev–Trinajstić information content (AvgIpc) is 2.59. The van der Waals surface area contributed by atoms with E-state index in [0.717, 1.165) is 16.7 Å². The van der Waals surface area contributed by atoms with Gasteiger partial charge in [-0.1, -0.05) is 29.8 Å². The van der Waals surface area contributed by atoms with E-state index in [1.165, 1.54) is 22.9 Å². The van der Waals surface area contributed by atoms with Crippen molar-refractivity contribution in [2.45, 2.75) is 13.5 Å². The van der Waals surface area contributed by atoms with Crippen molar-refractivity contribution in [3.63, 3.8) is 0 Å². The Hall–Kier alpha value is -3.28. The first-order valence-corrected chi connectivity index (χ1v) is 7.41. The second kappa shape index (κ2) is 6.45. The molecule has 1 aromatic heterocycles. The summed E-state index contributed by atoms with van der Waals surface area (Å²) in [7, 11) is 0. The molecule has 0 bridgehead atoms. The van der Waals surface area contributed by atoms with Gasteiger partial charge >= 0.3 is 0 Å². The highest BCUT2D eigenvalue weighted by Gasteiger charge is 2.08. The van der Waals surface area contributed by atoms with Crippen molar-refractivity contribution in [1.82, 2.24) is 9.78 Å². The summed E-state index contributed by atoms with van der Waals surface area (Å²) in [4.78, 5) is 22.3. The van der Waals surface area contributed by atoms with E-state index in [9.17, 15) is 14.9 Å². The Balaban J connectivity index is 1.92. The van der Waals surface area contributed by atoms with Gasteiger partial charge in [0.05, 0.1) is 17.2 Å². The molecule has 0 saturated carbocycles. The number of aromatic nitrogens is 2. The number of rotatable bonds is 4. The van der Waals surface area contributed by atoms with E-state index in [1.807, 2.05) is 31.2 Å². The SMILES string of the molecule is Cc1ccc(Cn2nc(-c3ccc([N+](=O)[O-])cc3)ccc2=O)cc1. The lowest BCUT2D eigenvalue weighted by Crippen LogP contribution is -2.22. The van der Waals surface area contributed by atoms with Crippen molar-refractivity contribution >= 4 is 5.69 Å². The van der Waals surface area contributed by atoms with Gasteiger partial charge in [-0.15, -0.1) is 0 Å². The van der Waals surface area contributed by atoms with Crippen LogP contribution in [0, 0.1) is 17.0 Å². The van der Waals surface area contributed by atoms with E-state index in [-0.39, 0.29) is 11.2 Å². The van der Waals surface area contributed by atoms with Crippen LogP contribution in [-0.2, 0) is 6.54 Å². The summed E-state index contributed by atoms with van der Waals surface area (Å²) >= 11 is 0. The number of hydrogen-bond acceptors (Lipinski definition) is 4. The summed E-state index contributed by atoms with van der Waals surface area (Å²) in [6.45, 7) is 2.38. The molecule has 0 spiro atoms.